The maximum Gasteiger partial charge on any atom is 0.490 e. The van der Waals surface area contributed by atoms with E-state index < -0.39 is 18.2 Å². The molecule has 6 heteroatoms. The fourth-order valence-corrected chi connectivity index (χ4v) is 1.75. The van der Waals surface area contributed by atoms with E-state index in [1.165, 1.54) is 0 Å². The zero-order valence-electron chi connectivity index (χ0n) is 8.54. The highest BCUT2D eigenvalue weighted by Crippen LogP contribution is 2.33. The van der Waals surface area contributed by atoms with Crippen molar-refractivity contribution in [1.82, 2.24) is 0 Å². The first-order valence-electron chi connectivity index (χ1n) is 4.82. The van der Waals surface area contributed by atoms with Gasteiger partial charge in [-0.25, -0.2) is 4.79 Å². The Morgan fingerprint density at radius 2 is 2.00 bits per heavy atom. The smallest absolute Gasteiger partial charge is 0.445 e. The largest absolute Gasteiger partial charge is 0.490 e. The van der Waals surface area contributed by atoms with Gasteiger partial charge >= 0.3 is 12.1 Å². The number of nitrogens with one attached hydrogen (secondary N) is 1. The predicted octanol–water partition coefficient (Wildman–Crippen LogP) is 2.41. The van der Waals surface area contributed by atoms with Gasteiger partial charge in [-0.05, 0) is 5.56 Å². The predicted molar refractivity (Wildman–Crippen MR) is 52.8 cm³/mol. The Kier molecular flexibility index (Phi) is 2.65. The molecule has 1 aliphatic carbocycles. The van der Waals surface area contributed by atoms with Crippen LogP contribution in [0.4, 0.5) is 13.2 Å². The second kappa shape index (κ2) is 3.87. The van der Waals surface area contributed by atoms with Crippen molar-refractivity contribution in [2.45, 2.75) is 18.7 Å². The van der Waals surface area contributed by atoms with Crippen molar-refractivity contribution in [3.05, 3.63) is 35.4 Å². The van der Waals surface area contributed by atoms with Gasteiger partial charge in [-0.3, -0.25) is 0 Å². The average Bonchev–Trinajstić information content (AvgIpc) is 2.54. The molecule has 90 valence electrons. The topological polar surface area (TPSA) is 50.1 Å². The van der Waals surface area contributed by atoms with Crippen LogP contribution in [-0.4, -0.2) is 17.9 Å². The molecule has 0 fully saturated rings. The lowest BCUT2D eigenvalue weighted by atomic mass is 10.1. The Morgan fingerprint density at radius 3 is 2.65 bits per heavy atom. The SMILES string of the molecule is N=C1Cc2ccccc2C1OC(=O)C(F)(F)F. The lowest BCUT2D eigenvalue weighted by Crippen LogP contribution is -2.28. The number of esters is 1. The van der Waals surface area contributed by atoms with Gasteiger partial charge in [0, 0.05) is 12.0 Å². The van der Waals surface area contributed by atoms with Gasteiger partial charge in [0.1, 0.15) is 0 Å². The summed E-state index contributed by atoms with van der Waals surface area (Å²) in [6.07, 6.45) is -6.02. The number of hydrogen-bond donors (Lipinski definition) is 1. The van der Waals surface area contributed by atoms with Crippen molar-refractivity contribution in [3.63, 3.8) is 0 Å². The highest BCUT2D eigenvalue weighted by molar-refractivity contribution is 5.95. The third-order valence-electron chi connectivity index (χ3n) is 2.49. The molecule has 3 nitrogen and oxygen atoms in total. The van der Waals surface area contributed by atoms with E-state index in [0.717, 1.165) is 5.56 Å². The Hall–Kier alpha value is -1.85. The second-order valence-corrected chi connectivity index (χ2v) is 3.68. The Balaban J connectivity index is 2.23. The van der Waals surface area contributed by atoms with E-state index in [9.17, 15) is 18.0 Å². The highest BCUT2D eigenvalue weighted by Gasteiger charge is 2.44. The minimum atomic E-state index is -5.03. The molecule has 0 amide bonds. The molecular formula is C11H8F3NO2. The van der Waals surface area contributed by atoms with E-state index in [2.05, 4.69) is 4.74 Å². The van der Waals surface area contributed by atoms with Crippen molar-refractivity contribution in [3.8, 4) is 0 Å². The van der Waals surface area contributed by atoms with Gasteiger partial charge in [0.05, 0.1) is 5.71 Å². The van der Waals surface area contributed by atoms with E-state index in [0.29, 0.717) is 5.56 Å². The van der Waals surface area contributed by atoms with Gasteiger partial charge in [0.2, 0.25) is 0 Å². The number of fused-ring (bicyclic) bond motifs is 1. The summed E-state index contributed by atoms with van der Waals surface area (Å²) in [4.78, 5) is 10.7. The van der Waals surface area contributed by atoms with Crippen LogP contribution in [0.1, 0.15) is 17.2 Å². The van der Waals surface area contributed by atoms with Crippen LogP contribution in [0.3, 0.4) is 0 Å². The van der Waals surface area contributed by atoms with Gasteiger partial charge in [0.15, 0.2) is 6.10 Å². The lowest BCUT2D eigenvalue weighted by molar-refractivity contribution is -0.202. The lowest BCUT2D eigenvalue weighted by Gasteiger charge is -2.14. The number of alkyl halides is 3. The molecule has 1 atom stereocenters. The number of benzene rings is 1. The summed E-state index contributed by atoms with van der Waals surface area (Å²) in [5.41, 5.74) is 1.14. The maximum absolute atomic E-state index is 12.1. The van der Waals surface area contributed by atoms with Crippen LogP contribution < -0.4 is 0 Å². The Labute approximate surface area is 94.7 Å². The average molecular weight is 243 g/mol. The van der Waals surface area contributed by atoms with Crippen LogP contribution in [0, 0.1) is 5.41 Å². The first-order valence-corrected chi connectivity index (χ1v) is 4.82. The van der Waals surface area contributed by atoms with Crippen molar-refractivity contribution in [1.29, 1.82) is 5.41 Å². The van der Waals surface area contributed by atoms with Crippen LogP contribution in [-0.2, 0) is 16.0 Å². The van der Waals surface area contributed by atoms with Gasteiger partial charge in [-0.1, -0.05) is 24.3 Å². The van der Waals surface area contributed by atoms with Crippen LogP contribution in [0.15, 0.2) is 24.3 Å². The van der Waals surface area contributed by atoms with E-state index in [-0.39, 0.29) is 12.1 Å². The molecule has 0 saturated carbocycles. The molecule has 1 unspecified atom stereocenters. The third-order valence-corrected chi connectivity index (χ3v) is 2.49. The molecular weight excluding hydrogens is 235 g/mol. The summed E-state index contributed by atoms with van der Waals surface area (Å²) >= 11 is 0. The molecule has 17 heavy (non-hydrogen) atoms. The molecule has 0 bridgehead atoms. The van der Waals surface area contributed by atoms with Gasteiger partial charge in [-0.15, -0.1) is 0 Å². The van der Waals surface area contributed by atoms with Crippen molar-refractivity contribution < 1.29 is 22.7 Å². The van der Waals surface area contributed by atoms with Crippen molar-refractivity contribution in [2.24, 2.45) is 0 Å². The van der Waals surface area contributed by atoms with E-state index in [1.807, 2.05) is 0 Å². The summed E-state index contributed by atoms with van der Waals surface area (Å²) in [6, 6.07) is 6.61. The molecule has 1 N–H and O–H groups in total. The minimum absolute atomic E-state index is 0.0381. The second-order valence-electron chi connectivity index (χ2n) is 3.68. The highest BCUT2D eigenvalue weighted by atomic mass is 19.4. The maximum atomic E-state index is 12.1. The Bertz CT molecular complexity index is 482. The van der Waals surface area contributed by atoms with Crippen LogP contribution in [0.2, 0.25) is 0 Å². The molecule has 0 aromatic heterocycles. The standard InChI is InChI=1S/C11H8F3NO2/c12-11(13,14)10(16)17-9-7-4-2-1-3-6(7)5-8(9)15/h1-4,9,15H,5H2. The van der Waals surface area contributed by atoms with Crippen LogP contribution in [0.25, 0.3) is 0 Å². The summed E-state index contributed by atoms with van der Waals surface area (Å²) in [6.45, 7) is 0. The third kappa shape index (κ3) is 2.15. The number of ether oxygens (including phenoxy) is 1. The summed E-state index contributed by atoms with van der Waals surface area (Å²) in [5, 5.41) is 7.54. The molecule has 1 aromatic rings. The van der Waals surface area contributed by atoms with Gasteiger partial charge in [0.25, 0.3) is 0 Å². The fraction of sp³-hybridized carbons (Fsp3) is 0.273. The molecule has 0 radical (unpaired) electrons. The first kappa shape index (κ1) is 11.6. The number of carbonyl (C=O) groups is 1. The van der Waals surface area contributed by atoms with Crippen LogP contribution in [0.5, 0.6) is 0 Å². The molecule has 1 aromatic carbocycles. The van der Waals surface area contributed by atoms with Crippen LogP contribution >= 0.6 is 0 Å². The van der Waals surface area contributed by atoms with E-state index in [4.69, 9.17) is 5.41 Å². The molecule has 0 saturated heterocycles. The van der Waals surface area contributed by atoms with E-state index in [1.54, 1.807) is 24.3 Å². The number of hydrogen-bond acceptors (Lipinski definition) is 3. The quantitative estimate of drug-likeness (QED) is 0.770. The number of carbonyl (C=O) groups excluding carboxylic acids is 1. The van der Waals surface area contributed by atoms with Gasteiger partial charge < -0.3 is 10.1 Å². The zero-order chi connectivity index (χ0) is 12.6. The summed E-state index contributed by atoms with van der Waals surface area (Å²) < 4.78 is 40.5. The summed E-state index contributed by atoms with van der Waals surface area (Å²) in [5.74, 6) is -2.26. The minimum Gasteiger partial charge on any atom is -0.445 e. The molecule has 0 heterocycles. The number of rotatable bonds is 1. The normalized spacial score (nSPS) is 19.0. The molecule has 0 aliphatic heterocycles. The zero-order valence-corrected chi connectivity index (χ0v) is 8.54. The number of halogens is 3. The monoisotopic (exact) mass is 243 g/mol. The van der Waals surface area contributed by atoms with Crippen molar-refractivity contribution in [2.75, 3.05) is 0 Å². The molecule has 0 spiro atoms. The molecule has 1 aliphatic rings. The van der Waals surface area contributed by atoms with Crippen molar-refractivity contribution >= 4 is 11.7 Å². The fourth-order valence-electron chi connectivity index (χ4n) is 1.75. The molecule has 2 rings (SSSR count). The van der Waals surface area contributed by atoms with Gasteiger partial charge in [-0.2, -0.15) is 13.2 Å². The van der Waals surface area contributed by atoms with E-state index >= 15 is 0 Å². The first-order chi connectivity index (χ1) is 7.89. The summed E-state index contributed by atoms with van der Waals surface area (Å²) in [7, 11) is 0. The Morgan fingerprint density at radius 1 is 1.35 bits per heavy atom.